The largest absolute Gasteiger partial charge is 0.480 e. The highest BCUT2D eigenvalue weighted by Crippen LogP contribution is 2.18. The molecule has 0 saturated heterocycles. The molecule has 130 valence electrons. The summed E-state index contributed by atoms with van der Waals surface area (Å²) >= 11 is 0. The number of hydrogen-bond acceptors (Lipinski definition) is 10. The summed E-state index contributed by atoms with van der Waals surface area (Å²) in [5.74, 6) is 0. The van der Waals surface area contributed by atoms with Gasteiger partial charge in [-0.05, 0) is 12.8 Å². The Morgan fingerprint density at radius 2 is 1.09 bits per heavy atom. The first-order valence-corrected chi connectivity index (χ1v) is 5.15. The molecule has 0 heterocycles. The molecule has 0 atom stereocenters. The van der Waals surface area contributed by atoms with Crippen LogP contribution in [0.1, 0.15) is 19.3 Å². The second kappa shape index (κ2) is 13.1. The van der Waals surface area contributed by atoms with Crippen molar-refractivity contribution in [3.8, 4) is 0 Å². The predicted molar refractivity (Wildman–Crippen MR) is 62.3 cm³/mol. The zero-order valence-electron chi connectivity index (χ0n) is 10.9. The normalized spacial score (nSPS) is 9.36. The molecular formula is C6H14N4O12. The van der Waals surface area contributed by atoms with Crippen LogP contribution in [0.25, 0.3) is 0 Å². The zero-order valence-corrected chi connectivity index (χ0v) is 10.9. The van der Waals surface area contributed by atoms with Crippen molar-refractivity contribution in [3.05, 3.63) is 40.5 Å². The minimum absolute atomic E-state index is 0.124. The fourth-order valence-electron chi connectivity index (χ4n) is 0.964. The molecule has 0 aromatic heterocycles. The van der Waals surface area contributed by atoms with Crippen LogP contribution in [-0.2, 0) is 0 Å². The first-order valence-electron chi connectivity index (χ1n) is 5.15. The van der Waals surface area contributed by atoms with Crippen LogP contribution in [0.2, 0.25) is 0 Å². The molecule has 16 nitrogen and oxygen atoms in total. The summed E-state index contributed by atoms with van der Waals surface area (Å²) in [5.41, 5.74) is -2.52. The molecule has 0 fully saturated rings. The maximum atomic E-state index is 10.4. The van der Waals surface area contributed by atoms with E-state index in [0.717, 1.165) is 0 Å². The van der Waals surface area contributed by atoms with Crippen molar-refractivity contribution in [3.63, 3.8) is 0 Å². The quantitative estimate of drug-likeness (QED) is 0.183. The van der Waals surface area contributed by atoms with Crippen molar-refractivity contribution in [1.29, 1.82) is 0 Å². The molecule has 0 spiro atoms. The molecule has 0 bridgehead atoms. The summed E-state index contributed by atoms with van der Waals surface area (Å²) < 4.78 is 0. The van der Waals surface area contributed by atoms with Crippen LogP contribution in [0.15, 0.2) is 0 Å². The average molecular weight is 334 g/mol. The molecular weight excluding hydrogens is 320 g/mol. The van der Waals surface area contributed by atoms with Crippen molar-refractivity contribution in [2.45, 2.75) is 24.9 Å². The Morgan fingerprint density at radius 3 is 1.27 bits per heavy atom. The summed E-state index contributed by atoms with van der Waals surface area (Å²) in [6, 6.07) is 0. The van der Waals surface area contributed by atoms with E-state index < -0.39 is 32.3 Å². The number of nitro groups is 2. The predicted octanol–water partition coefficient (Wildman–Crippen LogP) is -1.30. The molecule has 0 unspecified atom stereocenters. The Bertz CT molecular complexity index is 339. The third kappa shape index (κ3) is 13.5. The maximum absolute atomic E-state index is 10.4. The van der Waals surface area contributed by atoms with Gasteiger partial charge in [-0.25, -0.2) is 0 Å². The van der Waals surface area contributed by atoms with Crippen molar-refractivity contribution in [1.82, 2.24) is 0 Å². The van der Waals surface area contributed by atoms with Crippen LogP contribution in [-0.4, -0.2) is 59.5 Å². The van der Waals surface area contributed by atoms with Crippen LogP contribution >= 0.6 is 0 Å². The van der Waals surface area contributed by atoms with E-state index in [1.54, 1.807) is 0 Å². The summed E-state index contributed by atoms with van der Waals surface area (Å²) in [6.07, 6.45) is -0.0213. The van der Waals surface area contributed by atoms with Gasteiger partial charge in [-0.3, -0.25) is 20.2 Å². The lowest BCUT2D eigenvalue weighted by molar-refractivity contribution is -0.799. The van der Waals surface area contributed by atoms with Gasteiger partial charge in [0, 0.05) is 6.61 Å². The van der Waals surface area contributed by atoms with Crippen LogP contribution in [0.4, 0.5) is 0 Å². The zero-order chi connectivity index (χ0) is 18.3. The van der Waals surface area contributed by atoms with E-state index in [4.69, 9.17) is 40.9 Å². The topological polar surface area (TPSA) is 253 Å². The van der Waals surface area contributed by atoms with Crippen molar-refractivity contribution in [2.24, 2.45) is 0 Å². The molecule has 4 N–H and O–H groups in total. The van der Waals surface area contributed by atoms with Crippen LogP contribution in [0.5, 0.6) is 0 Å². The Hall–Kier alpha value is -2.88. The van der Waals surface area contributed by atoms with Crippen LogP contribution in [0.3, 0.4) is 0 Å². The van der Waals surface area contributed by atoms with E-state index >= 15 is 0 Å². The monoisotopic (exact) mass is 334 g/mol. The van der Waals surface area contributed by atoms with Crippen LogP contribution in [0, 0.1) is 40.5 Å². The SMILES string of the molecule is O=[N+]([O-])C(CO)(CCCCO)[N+](=O)[O-].O=[N+]([O-])O.O=[N+]([O-])O. The minimum atomic E-state index is -2.52. The van der Waals surface area contributed by atoms with E-state index in [1.165, 1.54) is 0 Å². The van der Waals surface area contributed by atoms with Gasteiger partial charge < -0.3 is 20.6 Å². The number of hydrogen-bond donors (Lipinski definition) is 4. The second-order valence-electron chi connectivity index (χ2n) is 3.31. The number of rotatable bonds is 7. The smallest absolute Gasteiger partial charge is 0.396 e. The van der Waals surface area contributed by atoms with Crippen molar-refractivity contribution >= 4 is 0 Å². The van der Waals surface area contributed by atoms with Gasteiger partial charge in [0.1, 0.15) is 9.85 Å². The molecule has 0 aliphatic carbocycles. The maximum Gasteiger partial charge on any atom is 0.480 e. The van der Waals surface area contributed by atoms with E-state index in [-0.39, 0.29) is 25.9 Å². The fraction of sp³-hybridized carbons (Fsp3) is 1.00. The lowest BCUT2D eigenvalue weighted by Gasteiger charge is -2.13. The standard InChI is InChI=1S/C6H12N2O6.2HNO3/c9-4-2-1-3-6(5-10,7(11)12)8(13)14;2*2-1(3)4/h9-10H,1-5H2;2*(H,2,3,4). The molecule has 0 rings (SSSR count). The van der Waals surface area contributed by atoms with Gasteiger partial charge in [-0.2, -0.15) is 0 Å². The lowest BCUT2D eigenvalue weighted by atomic mass is 10.1. The highest BCUT2D eigenvalue weighted by atomic mass is 16.9. The van der Waals surface area contributed by atoms with E-state index in [9.17, 15) is 20.2 Å². The average Bonchev–Trinajstić information content (AvgIpc) is 2.32. The van der Waals surface area contributed by atoms with Gasteiger partial charge in [-0.1, -0.05) is 0 Å². The van der Waals surface area contributed by atoms with E-state index in [1.807, 2.05) is 0 Å². The van der Waals surface area contributed by atoms with Crippen molar-refractivity contribution < 1.29 is 40.6 Å². The molecule has 0 aromatic carbocycles. The van der Waals surface area contributed by atoms with Crippen LogP contribution < -0.4 is 0 Å². The molecule has 16 heteroatoms. The number of aliphatic hydroxyl groups excluding tert-OH is 2. The Balaban J connectivity index is -0.000000372. The van der Waals surface area contributed by atoms with Crippen molar-refractivity contribution in [2.75, 3.05) is 13.2 Å². The Labute approximate surface area is 120 Å². The molecule has 0 aromatic rings. The molecule has 0 aliphatic rings. The Morgan fingerprint density at radius 1 is 0.773 bits per heavy atom. The lowest BCUT2D eigenvalue weighted by Crippen LogP contribution is -2.49. The van der Waals surface area contributed by atoms with Gasteiger partial charge in [0.05, 0.1) is 6.42 Å². The number of aliphatic hydroxyl groups is 2. The second-order valence-corrected chi connectivity index (χ2v) is 3.31. The Kier molecular flexibility index (Phi) is 14.4. The van der Waals surface area contributed by atoms with Gasteiger partial charge in [-0.15, -0.1) is 20.2 Å². The molecule has 0 saturated carbocycles. The molecule has 0 amide bonds. The molecule has 0 aliphatic heterocycles. The first kappa shape index (κ1) is 24.2. The molecule has 22 heavy (non-hydrogen) atoms. The third-order valence-electron chi connectivity index (χ3n) is 1.92. The molecule has 0 radical (unpaired) electrons. The summed E-state index contributed by atoms with van der Waals surface area (Å²) in [5, 5.41) is 65.2. The summed E-state index contributed by atoms with van der Waals surface area (Å²) in [7, 11) is 0. The minimum Gasteiger partial charge on any atom is -0.396 e. The van der Waals surface area contributed by atoms with E-state index in [2.05, 4.69) is 0 Å². The van der Waals surface area contributed by atoms with Gasteiger partial charge in [0.2, 0.25) is 0 Å². The van der Waals surface area contributed by atoms with E-state index in [0.29, 0.717) is 0 Å². The highest BCUT2D eigenvalue weighted by molar-refractivity contribution is 4.65. The van der Waals surface area contributed by atoms with Gasteiger partial charge >= 0.3 is 5.66 Å². The summed E-state index contributed by atoms with van der Waals surface area (Å²) in [4.78, 5) is 35.4. The van der Waals surface area contributed by atoms with Gasteiger partial charge in [0.25, 0.3) is 10.2 Å². The summed E-state index contributed by atoms with van der Waals surface area (Å²) in [6.45, 7) is -1.32. The highest BCUT2D eigenvalue weighted by Gasteiger charge is 2.54. The van der Waals surface area contributed by atoms with Gasteiger partial charge in [0.15, 0.2) is 6.61 Å². The third-order valence-corrected chi connectivity index (χ3v) is 1.92. The number of unbranched alkanes of at least 4 members (excludes halogenated alkanes) is 1. The fourth-order valence-corrected chi connectivity index (χ4v) is 0.964. The number of nitrogens with zero attached hydrogens (tertiary/aromatic N) is 4. The first-order chi connectivity index (χ1) is 9.97.